The fourth-order valence-electron chi connectivity index (χ4n) is 5.00. The van der Waals surface area contributed by atoms with E-state index in [1.54, 1.807) is 6.07 Å². The Hall–Kier alpha value is -1.35. The number of likely N-dealkylation sites (N-methyl/N-ethyl adjacent to an activating group) is 1. The van der Waals surface area contributed by atoms with Crippen molar-refractivity contribution in [3.05, 3.63) is 29.3 Å². The molecule has 1 unspecified atom stereocenters. The Labute approximate surface area is 139 Å². The molecule has 2 bridgehead atoms. The number of hydrogen-bond donors (Lipinski definition) is 1. The van der Waals surface area contributed by atoms with Crippen LogP contribution in [0.25, 0.3) is 0 Å². The van der Waals surface area contributed by atoms with Gasteiger partial charge in [-0.15, -0.1) is 0 Å². The van der Waals surface area contributed by atoms with Crippen molar-refractivity contribution in [2.75, 3.05) is 13.6 Å². The lowest BCUT2D eigenvalue weighted by molar-refractivity contribution is -0.120. The first-order valence-electron chi connectivity index (χ1n) is 8.86. The first-order chi connectivity index (χ1) is 10.8. The van der Waals surface area contributed by atoms with Crippen LogP contribution in [0.1, 0.15) is 57.6 Å². The lowest BCUT2D eigenvalue weighted by Gasteiger charge is -2.62. The lowest BCUT2D eigenvalue weighted by atomic mass is 9.49. The highest BCUT2D eigenvalue weighted by molar-refractivity contribution is 5.78. The summed E-state index contributed by atoms with van der Waals surface area (Å²) < 4.78 is 0. The zero-order valence-electron chi connectivity index (χ0n) is 14.9. The molecule has 23 heavy (non-hydrogen) atoms. The van der Waals surface area contributed by atoms with Crippen LogP contribution in [0.15, 0.2) is 18.2 Å². The van der Waals surface area contributed by atoms with Crippen LogP contribution >= 0.6 is 0 Å². The maximum Gasteiger partial charge on any atom is 0.132 e. The van der Waals surface area contributed by atoms with Crippen LogP contribution in [0.3, 0.4) is 0 Å². The molecule has 0 radical (unpaired) electrons. The van der Waals surface area contributed by atoms with E-state index in [4.69, 9.17) is 0 Å². The number of hydrogen-bond acceptors (Lipinski definition) is 3. The quantitative estimate of drug-likeness (QED) is 0.921. The van der Waals surface area contributed by atoms with Gasteiger partial charge in [-0.2, -0.15) is 0 Å². The average molecular weight is 315 g/mol. The highest BCUT2D eigenvalue weighted by Gasteiger charge is 2.57. The van der Waals surface area contributed by atoms with E-state index in [1.807, 2.05) is 13.0 Å². The van der Waals surface area contributed by atoms with Gasteiger partial charge in [-0.25, -0.2) is 0 Å². The summed E-state index contributed by atoms with van der Waals surface area (Å²) in [4.78, 5) is 14.4. The van der Waals surface area contributed by atoms with Crippen molar-refractivity contribution in [1.29, 1.82) is 0 Å². The molecule has 1 aromatic carbocycles. The van der Waals surface area contributed by atoms with Gasteiger partial charge in [-0.3, -0.25) is 4.79 Å². The van der Waals surface area contributed by atoms with Gasteiger partial charge in [0.05, 0.1) is 0 Å². The molecule has 0 amide bonds. The molecule has 126 valence electrons. The number of benzene rings is 1. The van der Waals surface area contributed by atoms with Crippen LogP contribution < -0.4 is 0 Å². The van der Waals surface area contributed by atoms with Crippen molar-refractivity contribution in [3.63, 3.8) is 0 Å². The molecule has 1 heterocycles. The number of nitrogens with zero attached hydrogens (tertiary/aromatic N) is 1. The normalized spacial score (nSPS) is 33.3. The molecule has 0 saturated carbocycles. The maximum absolute atomic E-state index is 11.9. The molecule has 1 N–H and O–H groups in total. The number of carbonyl (C=O) groups is 1. The van der Waals surface area contributed by atoms with Crippen LogP contribution in [0.2, 0.25) is 0 Å². The SMILES string of the molecule is CCC(=O)CC[C@]1(C)C2Cc3ccc(O)cc3[C@@]1(C)CCN2C. The van der Waals surface area contributed by atoms with Crippen LogP contribution in [0.5, 0.6) is 5.75 Å². The van der Waals surface area contributed by atoms with Crippen LogP contribution in [-0.4, -0.2) is 35.4 Å². The second kappa shape index (κ2) is 5.62. The Balaban J connectivity index is 2.06. The number of carbonyl (C=O) groups excluding carboxylic acids is 1. The molecule has 0 aromatic heterocycles. The summed E-state index contributed by atoms with van der Waals surface area (Å²) >= 11 is 0. The van der Waals surface area contributed by atoms with Crippen LogP contribution in [-0.2, 0) is 16.6 Å². The molecular formula is C20H29NO2. The molecule has 1 fully saturated rings. The van der Waals surface area contributed by atoms with E-state index in [0.717, 1.165) is 25.8 Å². The minimum Gasteiger partial charge on any atom is -0.508 e. The highest BCUT2D eigenvalue weighted by Crippen LogP contribution is 2.58. The van der Waals surface area contributed by atoms with Gasteiger partial charge in [0.2, 0.25) is 0 Å². The third-order valence-corrected chi connectivity index (χ3v) is 6.91. The summed E-state index contributed by atoms with van der Waals surface area (Å²) in [5, 5.41) is 10.0. The van der Waals surface area contributed by atoms with Gasteiger partial charge in [-0.1, -0.05) is 26.8 Å². The molecule has 1 aliphatic carbocycles. The largest absolute Gasteiger partial charge is 0.508 e. The van der Waals surface area contributed by atoms with Gasteiger partial charge in [-0.05, 0) is 61.5 Å². The Bertz CT molecular complexity index is 626. The van der Waals surface area contributed by atoms with E-state index in [2.05, 4.69) is 31.9 Å². The van der Waals surface area contributed by atoms with Gasteiger partial charge < -0.3 is 10.0 Å². The van der Waals surface area contributed by atoms with E-state index in [0.29, 0.717) is 30.4 Å². The molecule has 1 saturated heterocycles. The topological polar surface area (TPSA) is 40.5 Å². The molecule has 1 aromatic rings. The van der Waals surface area contributed by atoms with Gasteiger partial charge in [0.15, 0.2) is 0 Å². The minimum atomic E-state index is 0.0184. The summed E-state index contributed by atoms with van der Waals surface area (Å²) in [5.41, 5.74) is 2.74. The number of ketones is 1. The van der Waals surface area contributed by atoms with Crippen molar-refractivity contribution in [2.24, 2.45) is 5.41 Å². The van der Waals surface area contributed by atoms with Crippen LogP contribution in [0.4, 0.5) is 0 Å². The molecule has 2 aliphatic rings. The number of likely N-dealkylation sites (tertiary alicyclic amines) is 1. The molecule has 0 spiro atoms. The fourth-order valence-corrected chi connectivity index (χ4v) is 5.00. The zero-order chi connectivity index (χ0) is 16.8. The van der Waals surface area contributed by atoms with Gasteiger partial charge >= 0.3 is 0 Å². The summed E-state index contributed by atoms with van der Waals surface area (Å²) in [5.74, 6) is 0.714. The third-order valence-electron chi connectivity index (χ3n) is 6.91. The van der Waals surface area contributed by atoms with Crippen molar-refractivity contribution >= 4 is 5.78 Å². The highest BCUT2D eigenvalue weighted by atomic mass is 16.3. The smallest absolute Gasteiger partial charge is 0.132 e. The number of piperidine rings is 1. The maximum atomic E-state index is 11.9. The van der Waals surface area contributed by atoms with E-state index >= 15 is 0 Å². The van der Waals surface area contributed by atoms with Crippen LogP contribution in [0, 0.1) is 5.41 Å². The Morgan fingerprint density at radius 1 is 1.39 bits per heavy atom. The number of aromatic hydroxyl groups is 1. The summed E-state index contributed by atoms with van der Waals surface area (Å²) in [6.45, 7) is 7.74. The first-order valence-corrected chi connectivity index (χ1v) is 8.86. The Morgan fingerprint density at radius 3 is 2.83 bits per heavy atom. The molecule has 3 nitrogen and oxygen atoms in total. The molecule has 3 atom stereocenters. The van der Waals surface area contributed by atoms with E-state index < -0.39 is 0 Å². The van der Waals surface area contributed by atoms with Gasteiger partial charge in [0.25, 0.3) is 0 Å². The second-order valence-corrected chi connectivity index (χ2v) is 7.93. The number of phenolic OH excluding ortho intramolecular Hbond substituents is 1. The predicted octanol–water partition coefficient (Wildman–Crippen LogP) is 3.68. The second-order valence-electron chi connectivity index (χ2n) is 7.93. The van der Waals surface area contributed by atoms with Gasteiger partial charge in [0, 0.05) is 24.3 Å². The standard InChI is InChI=1S/C20H29NO2/c1-5-15(22)8-9-20(3)18-12-14-6-7-16(23)13-17(14)19(20,2)10-11-21(18)4/h6-7,13,18,23H,5,8-12H2,1-4H3/t18?,19-,20-/m1/s1. The third kappa shape index (κ3) is 2.40. The van der Waals surface area contributed by atoms with Crippen molar-refractivity contribution < 1.29 is 9.90 Å². The lowest BCUT2D eigenvalue weighted by Crippen LogP contribution is -2.64. The summed E-state index contributed by atoms with van der Waals surface area (Å²) in [6, 6.07) is 6.33. The van der Waals surface area contributed by atoms with Gasteiger partial charge in [0.1, 0.15) is 11.5 Å². The Kier molecular flexibility index (Phi) is 4.04. The van der Waals surface area contributed by atoms with Crippen molar-refractivity contribution in [2.45, 2.75) is 64.3 Å². The molecule has 3 heteroatoms. The minimum absolute atomic E-state index is 0.0184. The Morgan fingerprint density at radius 2 is 2.13 bits per heavy atom. The summed E-state index contributed by atoms with van der Waals surface area (Å²) in [6.07, 6.45) is 4.32. The monoisotopic (exact) mass is 315 g/mol. The molecule has 3 rings (SSSR count). The molecule has 1 aliphatic heterocycles. The van der Waals surface area contributed by atoms with E-state index in [9.17, 15) is 9.90 Å². The summed E-state index contributed by atoms with van der Waals surface area (Å²) in [7, 11) is 2.22. The number of Topliss-reactive ketones (excluding diaryl/α,β-unsaturated/α-hetero) is 1. The average Bonchev–Trinajstić information content (AvgIpc) is 2.53. The van der Waals surface area contributed by atoms with Crippen molar-refractivity contribution in [1.82, 2.24) is 4.90 Å². The van der Waals surface area contributed by atoms with Crippen molar-refractivity contribution in [3.8, 4) is 5.75 Å². The number of rotatable bonds is 4. The number of fused-ring (bicyclic) bond motifs is 4. The fraction of sp³-hybridized carbons (Fsp3) is 0.650. The van der Waals surface area contributed by atoms with E-state index in [-0.39, 0.29) is 10.8 Å². The predicted molar refractivity (Wildman–Crippen MR) is 92.8 cm³/mol. The van der Waals surface area contributed by atoms with E-state index in [1.165, 1.54) is 11.1 Å². The molecular weight excluding hydrogens is 286 g/mol. The first kappa shape index (κ1) is 16.5. The number of phenols is 1. The zero-order valence-corrected chi connectivity index (χ0v) is 14.9.